The van der Waals surface area contributed by atoms with Gasteiger partial charge < -0.3 is 9.47 Å². The summed E-state index contributed by atoms with van der Waals surface area (Å²) < 4.78 is 40.5. The van der Waals surface area contributed by atoms with Crippen LogP contribution in [0.2, 0.25) is 0 Å². The molecule has 0 amide bonds. The first-order valence-corrected chi connectivity index (χ1v) is 22.5. The first-order valence-electron chi connectivity index (χ1n) is 22.5. The van der Waals surface area contributed by atoms with E-state index in [0.717, 1.165) is 90.9 Å². The molecule has 3 aliphatic rings. The summed E-state index contributed by atoms with van der Waals surface area (Å²) in [5, 5.41) is 17.7. The van der Waals surface area contributed by atoms with Gasteiger partial charge in [0.15, 0.2) is 0 Å². The van der Waals surface area contributed by atoms with E-state index in [4.69, 9.17) is 20.0 Å². The lowest BCUT2D eigenvalue weighted by molar-refractivity contribution is -0.0267. The highest BCUT2D eigenvalue weighted by Crippen LogP contribution is 2.39. The molecule has 10 heteroatoms. The van der Waals surface area contributed by atoms with E-state index in [9.17, 15) is 8.78 Å². The largest absolute Gasteiger partial charge is 0.490 e. The number of hydrogen-bond donors (Lipinski definition) is 0. The lowest BCUT2D eigenvalue weighted by Crippen LogP contribution is -2.53. The molecule has 0 radical (unpaired) electrons. The summed E-state index contributed by atoms with van der Waals surface area (Å²) in [6.45, 7) is 14.1. The zero-order valence-corrected chi connectivity index (χ0v) is 37.4. The molecule has 3 fully saturated rings. The van der Waals surface area contributed by atoms with Crippen molar-refractivity contribution in [2.45, 2.75) is 111 Å². The molecule has 3 unspecified atom stereocenters. The Balaban J connectivity index is 0.000000191. The van der Waals surface area contributed by atoms with Crippen molar-refractivity contribution in [1.29, 1.82) is 10.5 Å². The SMILES string of the molecule is CC.CC#N.Cc1cc(OC2CCN(Cc3ccc(C#N)cc3)CC2)c2cc(F)ccc2n1.Cc1cc(OC2CCN(Cc3ccccc3)C3CCCCC23)c2cc(F)ccc2n1. The number of nitrogens with zero attached hydrogens (tertiary/aromatic N) is 6. The van der Waals surface area contributed by atoms with Gasteiger partial charge in [-0.2, -0.15) is 10.5 Å². The lowest BCUT2D eigenvalue weighted by atomic mass is 9.76. The Morgan fingerprint density at radius 2 is 1.21 bits per heavy atom. The molecule has 1 saturated carbocycles. The predicted molar refractivity (Wildman–Crippen MR) is 247 cm³/mol. The number of hydrogen-bond acceptors (Lipinski definition) is 8. The van der Waals surface area contributed by atoms with Crippen LogP contribution >= 0.6 is 0 Å². The molecule has 1 aliphatic carbocycles. The van der Waals surface area contributed by atoms with Gasteiger partial charge in [-0.3, -0.25) is 19.8 Å². The number of rotatable bonds is 8. The Bertz CT molecular complexity index is 2480. The fraction of sp³-hybridized carbons (Fsp3) is 0.396. The molecule has 4 heterocycles. The molecule has 0 bridgehead atoms. The van der Waals surface area contributed by atoms with E-state index in [-0.39, 0.29) is 23.8 Å². The van der Waals surface area contributed by atoms with Gasteiger partial charge in [0.2, 0.25) is 0 Å². The van der Waals surface area contributed by atoms with Crippen LogP contribution in [0.1, 0.15) is 93.8 Å². The second kappa shape index (κ2) is 22.9. The highest BCUT2D eigenvalue weighted by atomic mass is 19.1. The number of nitriles is 2. The first kappa shape index (κ1) is 46.6. The van der Waals surface area contributed by atoms with Crippen molar-refractivity contribution in [2.75, 3.05) is 19.6 Å². The molecule has 0 spiro atoms. The van der Waals surface area contributed by atoms with Crippen LogP contribution in [0, 0.1) is 54.1 Å². The maximum Gasteiger partial charge on any atom is 0.131 e. The number of benzene rings is 4. The minimum absolute atomic E-state index is 0.116. The molecule has 3 atom stereocenters. The number of piperidine rings is 2. The predicted octanol–water partition coefficient (Wildman–Crippen LogP) is 12.0. The summed E-state index contributed by atoms with van der Waals surface area (Å²) in [6, 6.07) is 36.2. The van der Waals surface area contributed by atoms with Gasteiger partial charge in [-0.15, -0.1) is 0 Å². The van der Waals surface area contributed by atoms with Crippen LogP contribution < -0.4 is 9.47 Å². The van der Waals surface area contributed by atoms with Crippen LogP contribution in [0.4, 0.5) is 8.78 Å². The molecule has 2 saturated heterocycles. The van der Waals surface area contributed by atoms with E-state index in [1.54, 1.807) is 24.3 Å². The second-order valence-corrected chi connectivity index (χ2v) is 16.4. The maximum absolute atomic E-state index is 13.9. The smallest absolute Gasteiger partial charge is 0.131 e. The summed E-state index contributed by atoms with van der Waals surface area (Å²) in [5.41, 5.74) is 6.62. The van der Waals surface area contributed by atoms with Gasteiger partial charge in [0.1, 0.15) is 35.3 Å². The summed E-state index contributed by atoms with van der Waals surface area (Å²) in [5.74, 6) is 1.50. The molecule has 63 heavy (non-hydrogen) atoms. The highest BCUT2D eigenvalue weighted by molar-refractivity contribution is 5.86. The van der Waals surface area contributed by atoms with Gasteiger partial charge >= 0.3 is 0 Å². The monoisotopic (exact) mass is 850 g/mol. The topological polar surface area (TPSA) is 98.3 Å². The van der Waals surface area contributed by atoms with E-state index >= 15 is 0 Å². The molecule has 328 valence electrons. The van der Waals surface area contributed by atoms with Crippen LogP contribution in [0.5, 0.6) is 11.5 Å². The van der Waals surface area contributed by atoms with E-state index in [0.29, 0.717) is 23.3 Å². The van der Waals surface area contributed by atoms with Gasteiger partial charge in [0, 0.05) is 85.9 Å². The zero-order valence-electron chi connectivity index (χ0n) is 37.4. The summed E-state index contributed by atoms with van der Waals surface area (Å²) in [6.07, 6.45) is 8.15. The molecule has 6 aromatic rings. The van der Waals surface area contributed by atoms with Gasteiger partial charge in [-0.1, -0.05) is 69.2 Å². The molecule has 0 N–H and O–H groups in total. The Hall–Kier alpha value is -5.94. The average molecular weight is 851 g/mol. The number of likely N-dealkylation sites (tertiary alicyclic amines) is 2. The third kappa shape index (κ3) is 12.6. The van der Waals surface area contributed by atoms with Crippen molar-refractivity contribution in [1.82, 2.24) is 19.8 Å². The molecule has 8 nitrogen and oxygen atoms in total. The molecular weight excluding hydrogens is 791 g/mol. The van der Waals surface area contributed by atoms with Crippen molar-refractivity contribution in [3.8, 4) is 23.6 Å². The first-order chi connectivity index (χ1) is 30.7. The van der Waals surface area contributed by atoms with Gasteiger partial charge in [0.25, 0.3) is 0 Å². The molecule has 2 aromatic heterocycles. The van der Waals surface area contributed by atoms with Crippen LogP contribution in [0.25, 0.3) is 21.8 Å². The minimum Gasteiger partial charge on any atom is -0.490 e. The van der Waals surface area contributed by atoms with Crippen molar-refractivity contribution < 1.29 is 18.3 Å². The third-order valence-electron chi connectivity index (χ3n) is 12.0. The van der Waals surface area contributed by atoms with E-state index in [1.807, 2.05) is 64.1 Å². The Morgan fingerprint density at radius 3 is 1.79 bits per heavy atom. The Labute approximate surface area is 372 Å². The van der Waals surface area contributed by atoms with Crippen LogP contribution in [-0.2, 0) is 13.1 Å². The second-order valence-electron chi connectivity index (χ2n) is 16.4. The highest BCUT2D eigenvalue weighted by Gasteiger charge is 2.40. The van der Waals surface area contributed by atoms with Crippen molar-refractivity contribution >= 4 is 21.8 Å². The van der Waals surface area contributed by atoms with Crippen molar-refractivity contribution in [2.24, 2.45) is 5.92 Å². The van der Waals surface area contributed by atoms with Crippen LogP contribution in [-0.4, -0.2) is 57.7 Å². The zero-order chi connectivity index (χ0) is 44.7. The molecule has 2 aliphatic heterocycles. The maximum atomic E-state index is 13.9. The minimum atomic E-state index is -0.278. The number of aromatic nitrogens is 2. The lowest BCUT2D eigenvalue weighted by Gasteiger charge is -2.48. The van der Waals surface area contributed by atoms with Crippen LogP contribution in [0.3, 0.4) is 0 Å². The fourth-order valence-electron chi connectivity index (χ4n) is 9.11. The van der Waals surface area contributed by atoms with Crippen molar-refractivity contribution in [3.05, 3.63) is 143 Å². The quantitative estimate of drug-likeness (QED) is 0.149. The number of fused-ring (bicyclic) bond motifs is 3. The normalized spacial score (nSPS) is 18.8. The number of halogens is 2. The fourth-order valence-corrected chi connectivity index (χ4v) is 9.11. The summed E-state index contributed by atoms with van der Waals surface area (Å²) in [7, 11) is 0. The molecule has 4 aromatic carbocycles. The number of aryl methyl sites for hydroxylation is 2. The van der Waals surface area contributed by atoms with E-state index in [2.05, 4.69) is 56.2 Å². The summed E-state index contributed by atoms with van der Waals surface area (Å²) >= 11 is 0. The van der Waals surface area contributed by atoms with Crippen LogP contribution in [0.15, 0.2) is 103 Å². The van der Waals surface area contributed by atoms with Gasteiger partial charge in [-0.25, -0.2) is 8.78 Å². The number of ether oxygens (including phenoxy) is 2. The van der Waals surface area contributed by atoms with Gasteiger partial charge in [0.05, 0.1) is 28.7 Å². The van der Waals surface area contributed by atoms with Crippen molar-refractivity contribution in [3.63, 3.8) is 0 Å². The molecular formula is C53H60F2N6O2. The average Bonchev–Trinajstić information content (AvgIpc) is 3.30. The third-order valence-corrected chi connectivity index (χ3v) is 12.0. The van der Waals surface area contributed by atoms with E-state index in [1.165, 1.54) is 61.9 Å². The standard InChI is InChI=1S/C26H29FN2O.C23H22FN3O.C2H3N.C2H6/c1-18-15-26(22-16-20(27)11-12-23(22)28-18)30-25-13-14-29(17-19-7-3-2-4-8-19)24-10-6-5-9-21(24)25;1-16-12-23(21-13-19(24)6-7-22(21)26-16)28-20-8-10-27(11-9-20)15-18-4-2-17(14-25)3-5-18;1-2-3;1-2/h2-4,7-8,11-12,15-16,21,24-25H,5-6,9-10,13-14,17H2,1H3;2-7,12-13,20H,8-11,15H2,1H3;1H3;1-2H3. The molecule has 9 rings (SSSR count). The Kier molecular flexibility index (Phi) is 17.0. The van der Waals surface area contributed by atoms with E-state index < -0.39 is 0 Å². The number of pyridine rings is 2. The van der Waals surface area contributed by atoms with Gasteiger partial charge in [-0.05, 0) is 106 Å². The Morgan fingerprint density at radius 1 is 0.651 bits per heavy atom. The summed E-state index contributed by atoms with van der Waals surface area (Å²) in [4.78, 5) is 14.1.